The van der Waals surface area contributed by atoms with E-state index in [1.807, 2.05) is 18.2 Å². The van der Waals surface area contributed by atoms with E-state index in [9.17, 15) is 9.59 Å². The molecule has 0 aromatic heterocycles. The monoisotopic (exact) mass is 278 g/mol. The molecule has 0 amide bonds. The molecule has 0 spiro atoms. The summed E-state index contributed by atoms with van der Waals surface area (Å²) in [5.74, 6) is -2.73. The van der Waals surface area contributed by atoms with Crippen LogP contribution in [-0.2, 0) is 20.7 Å². The zero-order valence-electron chi connectivity index (χ0n) is 11.9. The second-order valence-corrected chi connectivity index (χ2v) is 4.73. The summed E-state index contributed by atoms with van der Waals surface area (Å²) in [6, 6.07) is 10.2. The van der Waals surface area contributed by atoms with Gasteiger partial charge in [-0.15, -0.1) is 0 Å². The Balaban J connectivity index is 2.24. The number of rotatable bonds is 9. The minimum atomic E-state index is -1.09. The van der Waals surface area contributed by atoms with Crippen molar-refractivity contribution in [3.63, 3.8) is 0 Å². The molecule has 0 aliphatic rings. The van der Waals surface area contributed by atoms with Gasteiger partial charge in [-0.25, -0.2) is 0 Å². The highest BCUT2D eigenvalue weighted by Crippen LogP contribution is 2.14. The molecule has 4 heteroatoms. The van der Waals surface area contributed by atoms with Crippen molar-refractivity contribution >= 4 is 11.9 Å². The van der Waals surface area contributed by atoms with E-state index in [0.717, 1.165) is 25.7 Å². The lowest BCUT2D eigenvalue weighted by Gasteiger charge is -2.10. The van der Waals surface area contributed by atoms with Crippen LogP contribution >= 0.6 is 0 Å². The minimum absolute atomic E-state index is 0.219. The number of carboxylic acids is 1. The van der Waals surface area contributed by atoms with E-state index >= 15 is 0 Å². The van der Waals surface area contributed by atoms with Crippen LogP contribution in [0.25, 0.3) is 0 Å². The third kappa shape index (κ3) is 5.87. The van der Waals surface area contributed by atoms with Gasteiger partial charge in [-0.1, -0.05) is 43.2 Å². The lowest BCUT2D eigenvalue weighted by atomic mass is 10.00. The summed E-state index contributed by atoms with van der Waals surface area (Å²) < 4.78 is 4.77. The number of aryl methyl sites for hydroxylation is 1. The molecule has 0 radical (unpaired) electrons. The first-order valence-corrected chi connectivity index (χ1v) is 7.08. The quantitative estimate of drug-likeness (QED) is 0.428. The number of esters is 1. The Labute approximate surface area is 119 Å². The summed E-state index contributed by atoms with van der Waals surface area (Å²) >= 11 is 0. The number of carbonyl (C=O) groups is 2. The molecule has 0 unspecified atom stereocenters. The molecule has 110 valence electrons. The van der Waals surface area contributed by atoms with Gasteiger partial charge in [-0.05, 0) is 31.7 Å². The number of hydrogen-bond acceptors (Lipinski definition) is 3. The molecule has 0 aliphatic carbocycles. The summed E-state index contributed by atoms with van der Waals surface area (Å²) in [5.41, 5.74) is 1.28. The van der Waals surface area contributed by atoms with E-state index in [1.54, 1.807) is 6.92 Å². The average Bonchev–Trinajstić information content (AvgIpc) is 2.43. The summed E-state index contributed by atoms with van der Waals surface area (Å²) in [6.07, 6.45) is 3.97. The number of unbranched alkanes of at least 4 members (excludes halogenated alkanes) is 2. The molecule has 1 N–H and O–H groups in total. The number of ether oxygens (including phenoxy) is 1. The standard InChI is InChI=1S/C16H22O4/c1-2-20-16(19)14(15(17)18)12-8-4-7-11-13-9-5-3-6-10-13/h3,5-6,9-10,14H,2,4,7-8,11-12H2,1H3,(H,17,18)/t14-/m1/s1. The van der Waals surface area contributed by atoms with Crippen LogP contribution in [0.4, 0.5) is 0 Å². The van der Waals surface area contributed by atoms with Gasteiger partial charge in [0.2, 0.25) is 0 Å². The Morgan fingerprint density at radius 2 is 1.85 bits per heavy atom. The fourth-order valence-electron chi connectivity index (χ4n) is 2.08. The molecule has 1 atom stereocenters. The van der Waals surface area contributed by atoms with Gasteiger partial charge in [0, 0.05) is 0 Å². The molecule has 1 aromatic rings. The van der Waals surface area contributed by atoms with Gasteiger partial charge in [0.15, 0.2) is 5.92 Å². The molecule has 0 fully saturated rings. The van der Waals surface area contributed by atoms with Crippen molar-refractivity contribution in [3.05, 3.63) is 35.9 Å². The lowest BCUT2D eigenvalue weighted by Crippen LogP contribution is -2.25. The maximum Gasteiger partial charge on any atom is 0.320 e. The minimum Gasteiger partial charge on any atom is -0.481 e. The van der Waals surface area contributed by atoms with Crippen molar-refractivity contribution in [2.75, 3.05) is 6.61 Å². The van der Waals surface area contributed by atoms with Gasteiger partial charge in [-0.2, -0.15) is 0 Å². The van der Waals surface area contributed by atoms with Crippen LogP contribution in [0.1, 0.15) is 38.2 Å². The van der Waals surface area contributed by atoms with Crippen LogP contribution in [0, 0.1) is 5.92 Å². The second-order valence-electron chi connectivity index (χ2n) is 4.73. The summed E-state index contributed by atoms with van der Waals surface area (Å²) in [4.78, 5) is 22.5. The Morgan fingerprint density at radius 3 is 2.45 bits per heavy atom. The Kier molecular flexibility index (Phi) is 7.40. The van der Waals surface area contributed by atoms with Crippen LogP contribution in [-0.4, -0.2) is 23.7 Å². The van der Waals surface area contributed by atoms with Gasteiger partial charge in [-0.3, -0.25) is 9.59 Å². The van der Waals surface area contributed by atoms with Crippen LogP contribution in [0.5, 0.6) is 0 Å². The average molecular weight is 278 g/mol. The fourth-order valence-corrected chi connectivity index (χ4v) is 2.08. The Morgan fingerprint density at radius 1 is 1.15 bits per heavy atom. The summed E-state index contributed by atoms with van der Waals surface area (Å²) in [5, 5.41) is 9.00. The van der Waals surface area contributed by atoms with Crippen molar-refractivity contribution in [2.45, 2.75) is 39.0 Å². The van der Waals surface area contributed by atoms with E-state index in [0.29, 0.717) is 6.42 Å². The third-order valence-corrected chi connectivity index (χ3v) is 3.17. The highest BCUT2D eigenvalue weighted by atomic mass is 16.5. The molecule has 0 saturated heterocycles. The first-order chi connectivity index (χ1) is 9.65. The molecule has 0 aliphatic heterocycles. The van der Waals surface area contributed by atoms with Gasteiger partial charge < -0.3 is 9.84 Å². The maximum atomic E-state index is 11.5. The van der Waals surface area contributed by atoms with Crippen molar-refractivity contribution in [2.24, 2.45) is 5.92 Å². The van der Waals surface area contributed by atoms with Crippen molar-refractivity contribution in [1.29, 1.82) is 0 Å². The van der Waals surface area contributed by atoms with E-state index in [-0.39, 0.29) is 6.61 Å². The first-order valence-electron chi connectivity index (χ1n) is 7.08. The molecular weight excluding hydrogens is 256 g/mol. The predicted octanol–water partition coefficient (Wildman–Crippen LogP) is 3.05. The zero-order valence-corrected chi connectivity index (χ0v) is 11.9. The van der Waals surface area contributed by atoms with Gasteiger partial charge in [0.05, 0.1) is 6.61 Å². The Hall–Kier alpha value is -1.84. The largest absolute Gasteiger partial charge is 0.481 e. The molecule has 1 aromatic carbocycles. The number of aliphatic carboxylic acids is 1. The van der Waals surface area contributed by atoms with Crippen molar-refractivity contribution < 1.29 is 19.4 Å². The summed E-state index contributed by atoms with van der Waals surface area (Å²) in [6.45, 7) is 1.90. The number of carboxylic acid groups (broad SMARTS) is 1. The lowest BCUT2D eigenvalue weighted by molar-refractivity contribution is -0.158. The molecule has 0 saturated carbocycles. The topological polar surface area (TPSA) is 63.6 Å². The third-order valence-electron chi connectivity index (χ3n) is 3.17. The van der Waals surface area contributed by atoms with Crippen LogP contribution < -0.4 is 0 Å². The number of hydrogen-bond donors (Lipinski definition) is 1. The van der Waals surface area contributed by atoms with Gasteiger partial charge >= 0.3 is 11.9 Å². The van der Waals surface area contributed by atoms with E-state index < -0.39 is 17.9 Å². The maximum absolute atomic E-state index is 11.5. The zero-order chi connectivity index (χ0) is 14.8. The van der Waals surface area contributed by atoms with Crippen LogP contribution in [0.15, 0.2) is 30.3 Å². The smallest absolute Gasteiger partial charge is 0.320 e. The normalized spacial score (nSPS) is 11.8. The highest BCUT2D eigenvalue weighted by molar-refractivity contribution is 5.93. The van der Waals surface area contributed by atoms with Crippen LogP contribution in [0.2, 0.25) is 0 Å². The molecule has 20 heavy (non-hydrogen) atoms. The van der Waals surface area contributed by atoms with Gasteiger partial charge in [0.25, 0.3) is 0 Å². The van der Waals surface area contributed by atoms with Gasteiger partial charge in [0.1, 0.15) is 0 Å². The molecule has 1 rings (SSSR count). The first kappa shape index (κ1) is 16.2. The predicted molar refractivity (Wildman–Crippen MR) is 76.4 cm³/mol. The SMILES string of the molecule is CCOC(=O)[C@H](CCCCCc1ccccc1)C(=O)O. The Bertz CT molecular complexity index is 414. The number of benzene rings is 1. The van der Waals surface area contributed by atoms with Crippen molar-refractivity contribution in [3.8, 4) is 0 Å². The number of carbonyl (C=O) groups excluding carboxylic acids is 1. The second kappa shape index (κ2) is 9.13. The van der Waals surface area contributed by atoms with E-state index in [2.05, 4.69) is 12.1 Å². The molecular formula is C16H22O4. The summed E-state index contributed by atoms with van der Waals surface area (Å²) in [7, 11) is 0. The van der Waals surface area contributed by atoms with Crippen LogP contribution in [0.3, 0.4) is 0 Å². The van der Waals surface area contributed by atoms with E-state index in [4.69, 9.17) is 9.84 Å². The molecule has 0 bridgehead atoms. The molecule has 0 heterocycles. The van der Waals surface area contributed by atoms with Crippen molar-refractivity contribution in [1.82, 2.24) is 0 Å². The highest BCUT2D eigenvalue weighted by Gasteiger charge is 2.26. The fraction of sp³-hybridized carbons (Fsp3) is 0.500. The van der Waals surface area contributed by atoms with E-state index in [1.165, 1.54) is 5.56 Å². The molecule has 4 nitrogen and oxygen atoms in total.